The lowest BCUT2D eigenvalue weighted by Gasteiger charge is -2.28. The minimum absolute atomic E-state index is 0.121. The maximum absolute atomic E-state index is 13.2. The van der Waals surface area contributed by atoms with Gasteiger partial charge in [0, 0.05) is 24.8 Å². The minimum atomic E-state index is -1.15. The van der Waals surface area contributed by atoms with Gasteiger partial charge in [-0.2, -0.15) is 0 Å². The number of oxazole rings is 1. The summed E-state index contributed by atoms with van der Waals surface area (Å²) in [5.41, 5.74) is 4.45. The largest absolute Gasteiger partial charge is 0.487 e. The fraction of sp³-hybridized carbons (Fsp3) is 0.258. The molecule has 0 fully saturated rings. The topological polar surface area (TPSA) is 90.7 Å². The van der Waals surface area contributed by atoms with Gasteiger partial charge in [0.2, 0.25) is 5.91 Å². The Balaban J connectivity index is 1.27. The number of nitrogens with one attached hydrogen (secondary N) is 1. The third kappa shape index (κ3) is 6.15. The average Bonchev–Trinajstić information content (AvgIpc) is 3.51. The highest BCUT2D eigenvalue weighted by Gasteiger charge is 2.46. The molecule has 7 nitrogen and oxygen atoms in total. The summed E-state index contributed by atoms with van der Waals surface area (Å²) in [5.74, 6) is 0.573. The summed E-state index contributed by atoms with van der Waals surface area (Å²) in [6, 6.07) is 21.0. The van der Waals surface area contributed by atoms with Crippen LogP contribution >= 0.6 is 11.6 Å². The van der Waals surface area contributed by atoms with Gasteiger partial charge in [-0.3, -0.25) is 4.79 Å². The second-order valence-corrected chi connectivity index (χ2v) is 10.1. The van der Waals surface area contributed by atoms with E-state index < -0.39 is 11.5 Å². The van der Waals surface area contributed by atoms with Gasteiger partial charge in [0.1, 0.15) is 29.9 Å². The molecule has 3 aromatic carbocycles. The summed E-state index contributed by atoms with van der Waals surface area (Å²) in [7, 11) is 0. The van der Waals surface area contributed by atoms with Gasteiger partial charge in [-0.1, -0.05) is 54.1 Å². The highest BCUT2D eigenvalue weighted by atomic mass is 35.5. The Morgan fingerprint density at radius 2 is 1.72 bits per heavy atom. The molecular formula is C31H29ClN2O5. The molecule has 4 aromatic rings. The zero-order valence-electron chi connectivity index (χ0n) is 21.8. The lowest BCUT2D eigenvalue weighted by atomic mass is 9.95. The Labute approximate surface area is 232 Å². The van der Waals surface area contributed by atoms with Crippen LogP contribution in [0.3, 0.4) is 0 Å². The first-order valence-corrected chi connectivity index (χ1v) is 13.2. The number of ether oxygens (including phenoxy) is 2. The molecule has 0 spiro atoms. The molecule has 0 radical (unpaired) electrons. The van der Waals surface area contributed by atoms with E-state index in [-0.39, 0.29) is 18.9 Å². The molecule has 1 heterocycles. The first-order valence-electron chi connectivity index (χ1n) is 12.8. The van der Waals surface area contributed by atoms with Gasteiger partial charge < -0.3 is 19.2 Å². The number of carbonyl (C=O) groups excluding carboxylic acids is 2. The third-order valence-corrected chi connectivity index (χ3v) is 7.01. The quantitative estimate of drug-likeness (QED) is 0.274. The average molecular weight is 545 g/mol. The lowest BCUT2D eigenvalue weighted by Crippen LogP contribution is -2.56. The Bertz CT molecular complexity index is 1480. The number of aryl methyl sites for hydroxylation is 1. The Morgan fingerprint density at radius 3 is 2.41 bits per heavy atom. The number of benzene rings is 3. The van der Waals surface area contributed by atoms with Crippen LogP contribution in [0.1, 0.15) is 35.2 Å². The van der Waals surface area contributed by atoms with E-state index in [9.17, 15) is 9.59 Å². The van der Waals surface area contributed by atoms with Gasteiger partial charge in [-0.25, -0.2) is 9.78 Å². The molecule has 1 unspecified atom stereocenters. The molecule has 8 heteroatoms. The van der Waals surface area contributed by atoms with Crippen LogP contribution < -0.4 is 10.1 Å². The summed E-state index contributed by atoms with van der Waals surface area (Å²) in [4.78, 5) is 30.6. The maximum atomic E-state index is 13.2. The molecule has 200 valence electrons. The summed E-state index contributed by atoms with van der Waals surface area (Å²) >= 11 is 6.04. The van der Waals surface area contributed by atoms with E-state index in [1.54, 1.807) is 32.2 Å². The molecule has 0 saturated heterocycles. The van der Waals surface area contributed by atoms with E-state index in [1.165, 1.54) is 0 Å². The number of halogens is 1. The highest BCUT2D eigenvalue weighted by molar-refractivity contribution is 6.30. The Kier molecular flexibility index (Phi) is 7.70. The first kappa shape index (κ1) is 26.5. The number of carbonyl (C=O) groups is 2. The highest BCUT2D eigenvalue weighted by Crippen LogP contribution is 2.35. The number of esters is 1. The number of hydrogen-bond donors (Lipinski definition) is 1. The number of amides is 1. The molecule has 1 aliphatic rings. The van der Waals surface area contributed by atoms with Crippen molar-refractivity contribution < 1.29 is 23.5 Å². The smallest absolute Gasteiger partial charge is 0.332 e. The number of aromatic nitrogens is 1. The van der Waals surface area contributed by atoms with E-state index in [2.05, 4.69) is 16.4 Å². The van der Waals surface area contributed by atoms with Crippen LogP contribution in [0.5, 0.6) is 5.75 Å². The number of fused-ring (bicyclic) bond motifs is 1. The number of nitrogens with zero attached hydrogens (tertiary/aromatic N) is 1. The summed E-state index contributed by atoms with van der Waals surface area (Å²) in [6.07, 6.45) is 2.42. The molecule has 1 amide bonds. The van der Waals surface area contributed by atoms with Crippen molar-refractivity contribution in [2.24, 2.45) is 0 Å². The van der Waals surface area contributed by atoms with Crippen LogP contribution in [0.2, 0.25) is 5.02 Å². The summed E-state index contributed by atoms with van der Waals surface area (Å²) in [6.45, 7) is 4.07. The van der Waals surface area contributed by atoms with Crippen LogP contribution in [0, 0.1) is 6.92 Å². The predicted octanol–water partition coefficient (Wildman–Crippen LogP) is 5.64. The van der Waals surface area contributed by atoms with Crippen molar-refractivity contribution in [1.29, 1.82) is 0 Å². The lowest BCUT2D eigenvalue weighted by molar-refractivity contribution is -0.153. The van der Waals surface area contributed by atoms with Gasteiger partial charge in [-0.15, -0.1) is 0 Å². The van der Waals surface area contributed by atoms with Gasteiger partial charge in [0.05, 0.1) is 13.0 Å². The molecule has 0 bridgehead atoms. The van der Waals surface area contributed by atoms with Crippen molar-refractivity contribution in [2.75, 3.05) is 6.61 Å². The molecule has 1 aliphatic carbocycles. The van der Waals surface area contributed by atoms with Gasteiger partial charge in [0.25, 0.3) is 0 Å². The molecule has 0 aliphatic heterocycles. The van der Waals surface area contributed by atoms with E-state index in [0.29, 0.717) is 41.8 Å². The van der Waals surface area contributed by atoms with Crippen LogP contribution in [0.15, 0.2) is 77.4 Å². The van der Waals surface area contributed by atoms with Crippen LogP contribution in [-0.2, 0) is 40.2 Å². The van der Waals surface area contributed by atoms with Crippen molar-refractivity contribution >= 4 is 23.5 Å². The Hall–Kier alpha value is -4.10. The van der Waals surface area contributed by atoms with Gasteiger partial charge in [0.15, 0.2) is 5.89 Å². The first-order chi connectivity index (χ1) is 18.8. The second kappa shape index (κ2) is 11.3. The molecule has 5 rings (SSSR count). The zero-order valence-corrected chi connectivity index (χ0v) is 22.6. The van der Waals surface area contributed by atoms with E-state index in [4.69, 9.17) is 25.5 Å². The molecule has 1 atom stereocenters. The molecule has 39 heavy (non-hydrogen) atoms. The third-order valence-electron chi connectivity index (χ3n) is 6.75. The second-order valence-electron chi connectivity index (χ2n) is 9.66. The summed E-state index contributed by atoms with van der Waals surface area (Å²) < 4.78 is 16.4. The van der Waals surface area contributed by atoms with Crippen molar-refractivity contribution in [3.63, 3.8) is 0 Å². The van der Waals surface area contributed by atoms with E-state index in [1.807, 2.05) is 48.5 Å². The van der Waals surface area contributed by atoms with Crippen molar-refractivity contribution in [1.82, 2.24) is 10.3 Å². The fourth-order valence-electron chi connectivity index (χ4n) is 4.88. The van der Waals surface area contributed by atoms with E-state index >= 15 is 0 Å². The van der Waals surface area contributed by atoms with E-state index in [0.717, 1.165) is 27.8 Å². The molecule has 1 aromatic heterocycles. The van der Waals surface area contributed by atoms with Crippen molar-refractivity contribution in [3.8, 4) is 16.9 Å². The zero-order chi connectivity index (χ0) is 27.4. The van der Waals surface area contributed by atoms with Crippen LogP contribution in [0.25, 0.3) is 11.1 Å². The summed E-state index contributed by atoms with van der Waals surface area (Å²) in [5, 5.41) is 3.70. The van der Waals surface area contributed by atoms with Crippen LogP contribution in [0.4, 0.5) is 0 Å². The van der Waals surface area contributed by atoms with Gasteiger partial charge >= 0.3 is 5.97 Å². The Morgan fingerprint density at radius 1 is 1.00 bits per heavy atom. The van der Waals surface area contributed by atoms with Crippen LogP contribution in [-0.4, -0.2) is 29.0 Å². The number of rotatable bonds is 9. The minimum Gasteiger partial charge on any atom is -0.487 e. The molecular weight excluding hydrogens is 516 g/mol. The molecule has 1 N–H and O–H groups in total. The maximum Gasteiger partial charge on any atom is 0.332 e. The predicted molar refractivity (Wildman–Crippen MR) is 148 cm³/mol. The molecule has 0 saturated carbocycles. The fourth-order valence-corrected chi connectivity index (χ4v) is 5.01. The van der Waals surface area contributed by atoms with Crippen molar-refractivity contribution in [2.45, 2.75) is 45.3 Å². The monoisotopic (exact) mass is 544 g/mol. The SMILES string of the molecule is CCOC(=O)C1(NC(=O)Cc2ccc(OCc3coc(C)n3)cc2)Cc2ccc(-c3ccc(Cl)cc3)cc2C1. The standard InChI is InChI=1S/C31H29ClN2O5/c1-3-37-30(36)31(16-24-7-6-23(15-25(24)17-31)22-8-10-26(32)11-9-22)34-29(35)14-21-4-12-28(13-5-21)39-19-27-18-38-20(2)33-27/h4-13,15,18H,3,14,16-17,19H2,1-2H3,(H,34,35). The normalized spacial score (nSPS) is 16.0. The van der Waals surface area contributed by atoms with Gasteiger partial charge in [-0.05, 0) is 59.0 Å². The van der Waals surface area contributed by atoms with Crippen molar-refractivity contribution in [3.05, 3.63) is 106 Å². The number of hydrogen-bond acceptors (Lipinski definition) is 6.